The van der Waals surface area contributed by atoms with Crippen LogP contribution in [-0.2, 0) is 56.2 Å². The highest BCUT2D eigenvalue weighted by atomic mass is 35.5. The highest BCUT2D eigenvalue weighted by Crippen LogP contribution is 2.49. The standard InChI is InChI=1S/C42H52Cl2O4/c1-45-29-33-11-5-15-37(25-33)41(19-9-23-43,38-16-6-12-34(26-38)30-46-2)21-22-42(20-10-24-44,39-17-7-13-35(27-39)31-47-3)40-18-8-14-36(28-40)32-48-4/h5-8,11-18,25-28H,9-10,19-24,29-32H2,1-4H3. The highest BCUT2D eigenvalue weighted by Gasteiger charge is 2.40. The van der Waals surface area contributed by atoms with Gasteiger partial charge in [-0.1, -0.05) is 97.1 Å². The van der Waals surface area contributed by atoms with Crippen LogP contribution in [-0.4, -0.2) is 40.2 Å². The molecule has 0 atom stereocenters. The summed E-state index contributed by atoms with van der Waals surface area (Å²) >= 11 is 13.0. The quantitative estimate of drug-likeness (QED) is 0.0816. The summed E-state index contributed by atoms with van der Waals surface area (Å²) in [6, 6.07) is 35.7. The van der Waals surface area contributed by atoms with Crippen molar-refractivity contribution in [2.45, 2.75) is 75.8 Å². The van der Waals surface area contributed by atoms with Crippen LogP contribution in [0.5, 0.6) is 0 Å². The van der Waals surface area contributed by atoms with Gasteiger partial charge in [-0.05, 0) is 83.0 Å². The van der Waals surface area contributed by atoms with Crippen molar-refractivity contribution in [3.05, 3.63) is 142 Å². The van der Waals surface area contributed by atoms with Gasteiger partial charge in [-0.2, -0.15) is 0 Å². The maximum Gasteiger partial charge on any atom is 0.0713 e. The SMILES string of the molecule is COCc1cccc(C(CCCCl)(CCC(CCCCl)(c2cccc(COC)c2)c2cccc(COC)c2)c2cccc(COC)c2)c1. The van der Waals surface area contributed by atoms with Crippen LogP contribution in [0.15, 0.2) is 97.1 Å². The molecule has 4 nitrogen and oxygen atoms in total. The van der Waals surface area contributed by atoms with E-state index in [1.54, 1.807) is 28.4 Å². The molecule has 4 aromatic carbocycles. The van der Waals surface area contributed by atoms with Crippen molar-refractivity contribution in [2.24, 2.45) is 0 Å². The normalized spacial score (nSPS) is 12.0. The number of methoxy groups -OCH3 is 4. The van der Waals surface area contributed by atoms with Crippen LogP contribution in [0.2, 0.25) is 0 Å². The van der Waals surface area contributed by atoms with Gasteiger partial charge in [0.25, 0.3) is 0 Å². The molecule has 0 aromatic heterocycles. The first-order chi connectivity index (χ1) is 23.5. The predicted octanol–water partition coefficient (Wildman–Crippen LogP) is 10.4. The fourth-order valence-electron chi connectivity index (χ4n) is 7.40. The molecule has 0 amide bonds. The second-order valence-electron chi connectivity index (χ2n) is 12.8. The monoisotopic (exact) mass is 690 g/mol. The Morgan fingerprint density at radius 3 is 0.917 bits per heavy atom. The van der Waals surface area contributed by atoms with E-state index < -0.39 is 0 Å². The third kappa shape index (κ3) is 9.50. The molecule has 0 radical (unpaired) electrons. The molecule has 258 valence electrons. The summed E-state index contributed by atoms with van der Waals surface area (Å²) in [5.41, 5.74) is 9.13. The maximum atomic E-state index is 6.51. The van der Waals surface area contributed by atoms with Crippen LogP contribution in [0.1, 0.15) is 83.0 Å². The molecule has 0 bridgehead atoms. The van der Waals surface area contributed by atoms with Crippen molar-refractivity contribution in [3.8, 4) is 0 Å². The van der Waals surface area contributed by atoms with Crippen molar-refractivity contribution < 1.29 is 18.9 Å². The molecule has 48 heavy (non-hydrogen) atoms. The van der Waals surface area contributed by atoms with E-state index >= 15 is 0 Å². The molecule has 0 saturated carbocycles. The molecule has 6 heteroatoms. The van der Waals surface area contributed by atoms with Crippen LogP contribution in [0, 0.1) is 0 Å². The first kappa shape index (κ1) is 38.1. The lowest BCUT2D eigenvalue weighted by atomic mass is 9.61. The first-order valence-corrected chi connectivity index (χ1v) is 18.0. The fraction of sp³-hybridized carbons (Fsp3) is 0.429. The zero-order valence-corrected chi connectivity index (χ0v) is 30.6. The Bertz CT molecular complexity index is 1320. The van der Waals surface area contributed by atoms with E-state index in [1.165, 1.54) is 22.3 Å². The first-order valence-electron chi connectivity index (χ1n) is 16.9. The van der Waals surface area contributed by atoms with E-state index in [1.807, 2.05) is 0 Å². The second-order valence-corrected chi connectivity index (χ2v) is 13.5. The molecule has 0 aliphatic heterocycles. The van der Waals surface area contributed by atoms with Crippen LogP contribution in [0.25, 0.3) is 0 Å². The second kappa shape index (κ2) is 19.5. The maximum absolute atomic E-state index is 6.51. The fourth-order valence-corrected chi connectivity index (χ4v) is 7.67. The van der Waals surface area contributed by atoms with Crippen molar-refractivity contribution >= 4 is 23.2 Å². The van der Waals surface area contributed by atoms with Gasteiger partial charge in [-0.25, -0.2) is 0 Å². The molecule has 4 rings (SSSR count). The summed E-state index contributed by atoms with van der Waals surface area (Å²) in [6.07, 6.45) is 5.35. The van der Waals surface area contributed by atoms with Gasteiger partial charge in [0, 0.05) is 51.0 Å². The average molecular weight is 692 g/mol. The Labute approximate surface area is 298 Å². The van der Waals surface area contributed by atoms with Gasteiger partial charge >= 0.3 is 0 Å². The average Bonchev–Trinajstić information content (AvgIpc) is 3.11. The summed E-state index contributed by atoms with van der Waals surface area (Å²) in [7, 11) is 7.01. The Morgan fingerprint density at radius 1 is 0.417 bits per heavy atom. The van der Waals surface area contributed by atoms with Gasteiger partial charge in [0.1, 0.15) is 0 Å². The van der Waals surface area contributed by atoms with E-state index in [2.05, 4.69) is 97.1 Å². The minimum absolute atomic E-state index is 0.317. The number of rotatable bonds is 21. The molecule has 0 saturated heterocycles. The zero-order chi connectivity index (χ0) is 34.2. The Kier molecular flexibility index (Phi) is 15.5. The minimum atomic E-state index is -0.317. The number of halogens is 2. The number of alkyl halides is 2. The van der Waals surface area contributed by atoms with E-state index in [0.29, 0.717) is 38.2 Å². The number of hydrogen-bond acceptors (Lipinski definition) is 4. The molecular formula is C42H52Cl2O4. The Morgan fingerprint density at radius 2 is 0.688 bits per heavy atom. The number of benzene rings is 4. The number of hydrogen-bond donors (Lipinski definition) is 0. The van der Waals surface area contributed by atoms with Crippen LogP contribution >= 0.6 is 23.2 Å². The molecule has 0 heterocycles. The number of ether oxygens (including phenoxy) is 4. The lowest BCUT2D eigenvalue weighted by molar-refractivity contribution is 0.184. The summed E-state index contributed by atoms with van der Waals surface area (Å²) in [4.78, 5) is 0. The zero-order valence-electron chi connectivity index (χ0n) is 29.1. The molecule has 0 unspecified atom stereocenters. The van der Waals surface area contributed by atoms with Gasteiger partial charge in [0.05, 0.1) is 26.4 Å². The smallest absolute Gasteiger partial charge is 0.0713 e. The topological polar surface area (TPSA) is 36.9 Å². The van der Waals surface area contributed by atoms with Gasteiger partial charge in [-0.3, -0.25) is 0 Å². The summed E-state index contributed by atoms with van der Waals surface area (Å²) in [6.45, 7) is 2.23. The van der Waals surface area contributed by atoms with Gasteiger partial charge in [0.2, 0.25) is 0 Å². The van der Waals surface area contributed by atoms with Crippen LogP contribution in [0.4, 0.5) is 0 Å². The van der Waals surface area contributed by atoms with Crippen molar-refractivity contribution in [1.82, 2.24) is 0 Å². The molecule has 0 aliphatic carbocycles. The van der Waals surface area contributed by atoms with E-state index in [9.17, 15) is 0 Å². The Balaban J connectivity index is 1.98. The van der Waals surface area contributed by atoms with Crippen molar-refractivity contribution in [3.63, 3.8) is 0 Å². The van der Waals surface area contributed by atoms with Gasteiger partial charge in [-0.15, -0.1) is 23.2 Å². The van der Waals surface area contributed by atoms with E-state index in [-0.39, 0.29) is 10.8 Å². The summed E-state index contributed by atoms with van der Waals surface area (Å²) < 4.78 is 22.4. The van der Waals surface area contributed by atoms with Gasteiger partial charge < -0.3 is 18.9 Å². The molecule has 0 N–H and O–H groups in total. The minimum Gasteiger partial charge on any atom is -0.380 e. The largest absolute Gasteiger partial charge is 0.380 e. The lowest BCUT2D eigenvalue weighted by Crippen LogP contribution is -2.35. The third-order valence-corrected chi connectivity index (χ3v) is 10.1. The van der Waals surface area contributed by atoms with E-state index in [0.717, 1.165) is 60.8 Å². The molecule has 0 spiro atoms. The highest BCUT2D eigenvalue weighted by molar-refractivity contribution is 6.18. The van der Waals surface area contributed by atoms with E-state index in [4.69, 9.17) is 42.1 Å². The Hall–Kier alpha value is -2.70. The summed E-state index contributed by atoms with van der Waals surface area (Å²) in [5, 5.41) is 0. The lowest BCUT2D eigenvalue weighted by Gasteiger charge is -2.42. The molecule has 0 aliphatic rings. The van der Waals surface area contributed by atoms with Crippen LogP contribution < -0.4 is 0 Å². The van der Waals surface area contributed by atoms with Gasteiger partial charge in [0.15, 0.2) is 0 Å². The molecular weight excluding hydrogens is 639 g/mol. The molecule has 4 aromatic rings. The third-order valence-electron chi connectivity index (χ3n) is 9.62. The van der Waals surface area contributed by atoms with Crippen LogP contribution in [0.3, 0.4) is 0 Å². The van der Waals surface area contributed by atoms with Crippen molar-refractivity contribution in [1.29, 1.82) is 0 Å². The molecule has 0 fully saturated rings. The summed E-state index contributed by atoms with van der Waals surface area (Å²) in [5.74, 6) is 1.18. The predicted molar refractivity (Wildman–Crippen MR) is 199 cm³/mol. The van der Waals surface area contributed by atoms with Crippen molar-refractivity contribution in [2.75, 3.05) is 40.2 Å².